The van der Waals surface area contributed by atoms with Gasteiger partial charge in [0.05, 0.1) is 11.7 Å². The van der Waals surface area contributed by atoms with Crippen molar-refractivity contribution in [1.29, 1.82) is 0 Å². The molecule has 18 heavy (non-hydrogen) atoms. The van der Waals surface area contributed by atoms with E-state index in [4.69, 9.17) is 0 Å². The number of likely N-dealkylation sites (tertiary alicyclic amines) is 1. The van der Waals surface area contributed by atoms with Gasteiger partial charge in [0.15, 0.2) is 0 Å². The largest absolute Gasteiger partial charge is 0.338 e. The maximum atomic E-state index is 12.1. The summed E-state index contributed by atoms with van der Waals surface area (Å²) in [5.74, 6) is 0.182. The van der Waals surface area contributed by atoms with Gasteiger partial charge in [0, 0.05) is 32.9 Å². The zero-order valence-electron chi connectivity index (χ0n) is 10.9. The van der Waals surface area contributed by atoms with Gasteiger partial charge in [-0.3, -0.25) is 14.4 Å². The van der Waals surface area contributed by atoms with Crippen LogP contribution in [-0.2, 0) is 18.4 Å². The number of hydrogen-bond donors (Lipinski definition) is 0. The summed E-state index contributed by atoms with van der Waals surface area (Å²) in [6.45, 7) is 5.75. The first-order valence-corrected chi connectivity index (χ1v) is 6.07. The molecule has 0 bridgehead atoms. The second kappa shape index (κ2) is 5.30. The summed E-state index contributed by atoms with van der Waals surface area (Å²) in [4.78, 5) is 16.0. The maximum Gasteiger partial charge on any atom is 0.240 e. The summed E-state index contributed by atoms with van der Waals surface area (Å²) >= 11 is 0. The Labute approximate surface area is 107 Å². The van der Waals surface area contributed by atoms with E-state index in [-0.39, 0.29) is 11.9 Å². The quantitative estimate of drug-likeness (QED) is 0.691. The van der Waals surface area contributed by atoms with Crippen LogP contribution in [0.3, 0.4) is 0 Å². The van der Waals surface area contributed by atoms with E-state index in [0.29, 0.717) is 13.1 Å². The van der Waals surface area contributed by atoms with Crippen molar-refractivity contribution >= 4 is 5.91 Å². The molecule has 0 aliphatic carbocycles. The first kappa shape index (κ1) is 12.8. The molecule has 1 aliphatic heterocycles. The molecule has 2 rings (SSSR count). The molecule has 0 spiro atoms. The highest BCUT2D eigenvalue weighted by Crippen LogP contribution is 2.17. The van der Waals surface area contributed by atoms with Gasteiger partial charge in [-0.1, -0.05) is 11.3 Å². The topological polar surface area (TPSA) is 54.3 Å². The van der Waals surface area contributed by atoms with Gasteiger partial charge in [-0.05, 0) is 13.5 Å². The van der Waals surface area contributed by atoms with Gasteiger partial charge in [-0.25, -0.2) is 0 Å². The number of amides is 1. The Balaban J connectivity index is 1.95. The lowest BCUT2D eigenvalue weighted by Gasteiger charge is -2.22. The Kier molecular flexibility index (Phi) is 3.76. The number of carbonyl (C=O) groups is 1. The fraction of sp³-hybridized carbons (Fsp3) is 0.583. The van der Waals surface area contributed by atoms with Gasteiger partial charge >= 0.3 is 0 Å². The van der Waals surface area contributed by atoms with Crippen molar-refractivity contribution < 1.29 is 4.79 Å². The van der Waals surface area contributed by atoms with Crippen molar-refractivity contribution in [3.63, 3.8) is 0 Å². The van der Waals surface area contributed by atoms with E-state index in [1.165, 1.54) is 0 Å². The van der Waals surface area contributed by atoms with Gasteiger partial charge < -0.3 is 4.90 Å². The van der Waals surface area contributed by atoms with E-state index in [1.807, 2.05) is 30.1 Å². The standard InChI is InChI=1S/C12H19N5O/c1-4-6-17-7-5-11(12(17)18)15(2)8-10-9-16(3)14-13-10/h4,9,11H,1,5-8H2,2-3H3/t11-/m0/s1. The molecule has 98 valence electrons. The second-order valence-corrected chi connectivity index (χ2v) is 4.68. The average Bonchev–Trinajstić information content (AvgIpc) is 2.87. The molecule has 0 N–H and O–H groups in total. The third kappa shape index (κ3) is 2.59. The Morgan fingerprint density at radius 2 is 2.44 bits per heavy atom. The minimum Gasteiger partial charge on any atom is -0.338 e. The minimum atomic E-state index is -0.0491. The third-order valence-electron chi connectivity index (χ3n) is 3.21. The fourth-order valence-electron chi connectivity index (χ4n) is 2.30. The number of rotatable bonds is 5. The summed E-state index contributed by atoms with van der Waals surface area (Å²) in [5.41, 5.74) is 0.884. The lowest BCUT2D eigenvalue weighted by Crippen LogP contribution is -2.39. The van der Waals surface area contributed by atoms with Gasteiger partial charge in [0.1, 0.15) is 0 Å². The van der Waals surface area contributed by atoms with Crippen molar-refractivity contribution in [2.75, 3.05) is 20.1 Å². The van der Waals surface area contributed by atoms with Crippen LogP contribution in [0, 0.1) is 0 Å². The van der Waals surface area contributed by atoms with Gasteiger partial charge in [0.25, 0.3) is 0 Å². The van der Waals surface area contributed by atoms with Crippen LogP contribution in [0.1, 0.15) is 12.1 Å². The molecule has 1 aromatic rings. The smallest absolute Gasteiger partial charge is 0.240 e. The molecule has 1 aliphatic rings. The van der Waals surface area contributed by atoms with E-state index < -0.39 is 0 Å². The summed E-state index contributed by atoms with van der Waals surface area (Å²) in [5, 5.41) is 7.93. The lowest BCUT2D eigenvalue weighted by atomic mass is 10.2. The molecule has 6 heteroatoms. The van der Waals surface area contributed by atoms with E-state index in [9.17, 15) is 4.79 Å². The van der Waals surface area contributed by atoms with Crippen LogP contribution in [0.2, 0.25) is 0 Å². The van der Waals surface area contributed by atoms with Crippen molar-refractivity contribution in [2.45, 2.75) is 19.0 Å². The van der Waals surface area contributed by atoms with E-state index >= 15 is 0 Å². The van der Waals surface area contributed by atoms with E-state index in [2.05, 4.69) is 16.9 Å². The molecule has 1 amide bonds. The normalized spacial score (nSPS) is 19.8. The van der Waals surface area contributed by atoms with Crippen molar-refractivity contribution in [3.8, 4) is 0 Å². The summed E-state index contributed by atoms with van der Waals surface area (Å²) in [6, 6.07) is -0.0491. The SMILES string of the molecule is C=CCN1CC[C@H](N(C)Cc2cn(C)nn2)C1=O. The number of aromatic nitrogens is 3. The van der Waals surface area contributed by atoms with Crippen molar-refractivity contribution in [2.24, 2.45) is 7.05 Å². The zero-order valence-corrected chi connectivity index (χ0v) is 10.9. The van der Waals surface area contributed by atoms with Crippen molar-refractivity contribution in [1.82, 2.24) is 24.8 Å². The number of carbonyl (C=O) groups excluding carboxylic acids is 1. The van der Waals surface area contributed by atoms with Crippen LogP contribution in [0.15, 0.2) is 18.9 Å². The highest BCUT2D eigenvalue weighted by atomic mass is 16.2. The highest BCUT2D eigenvalue weighted by molar-refractivity contribution is 5.84. The van der Waals surface area contributed by atoms with Crippen LogP contribution >= 0.6 is 0 Å². The number of likely N-dealkylation sites (N-methyl/N-ethyl adjacent to an activating group) is 1. The van der Waals surface area contributed by atoms with Crippen LogP contribution in [-0.4, -0.2) is 56.9 Å². The zero-order chi connectivity index (χ0) is 13.1. The van der Waals surface area contributed by atoms with Gasteiger partial charge in [0.2, 0.25) is 5.91 Å². The molecule has 1 saturated heterocycles. The second-order valence-electron chi connectivity index (χ2n) is 4.68. The average molecular weight is 249 g/mol. The Hall–Kier alpha value is -1.69. The first-order chi connectivity index (χ1) is 8.61. The Bertz CT molecular complexity index is 441. The van der Waals surface area contributed by atoms with Gasteiger partial charge in [-0.15, -0.1) is 11.7 Å². The third-order valence-corrected chi connectivity index (χ3v) is 3.21. The van der Waals surface area contributed by atoms with Crippen LogP contribution < -0.4 is 0 Å². The molecular weight excluding hydrogens is 230 g/mol. The van der Waals surface area contributed by atoms with Crippen LogP contribution in [0.25, 0.3) is 0 Å². The van der Waals surface area contributed by atoms with Crippen molar-refractivity contribution in [3.05, 3.63) is 24.5 Å². The molecule has 6 nitrogen and oxygen atoms in total. The Morgan fingerprint density at radius 3 is 3.06 bits per heavy atom. The summed E-state index contributed by atoms with van der Waals surface area (Å²) in [6.07, 6.45) is 4.50. The monoisotopic (exact) mass is 249 g/mol. The molecule has 1 fully saturated rings. The highest BCUT2D eigenvalue weighted by Gasteiger charge is 2.33. The predicted octanol–water partition coefficient (Wildman–Crippen LogP) is 0.0338. The number of nitrogens with zero attached hydrogens (tertiary/aromatic N) is 5. The predicted molar refractivity (Wildman–Crippen MR) is 67.7 cm³/mol. The number of aryl methyl sites for hydroxylation is 1. The summed E-state index contributed by atoms with van der Waals surface area (Å²) in [7, 11) is 3.79. The van der Waals surface area contributed by atoms with Gasteiger partial charge in [-0.2, -0.15) is 0 Å². The molecule has 0 radical (unpaired) electrons. The Morgan fingerprint density at radius 1 is 1.67 bits per heavy atom. The molecule has 0 aromatic carbocycles. The molecular formula is C12H19N5O. The fourth-order valence-corrected chi connectivity index (χ4v) is 2.30. The molecule has 0 saturated carbocycles. The number of hydrogen-bond acceptors (Lipinski definition) is 4. The van der Waals surface area contributed by atoms with Crippen LogP contribution in [0.4, 0.5) is 0 Å². The van der Waals surface area contributed by atoms with E-state index in [1.54, 1.807) is 10.8 Å². The van der Waals surface area contributed by atoms with E-state index in [0.717, 1.165) is 18.7 Å². The lowest BCUT2D eigenvalue weighted by molar-refractivity contribution is -0.131. The molecule has 1 atom stereocenters. The first-order valence-electron chi connectivity index (χ1n) is 6.07. The molecule has 1 aromatic heterocycles. The summed E-state index contributed by atoms with van der Waals surface area (Å²) < 4.78 is 1.67. The molecule has 2 heterocycles. The minimum absolute atomic E-state index is 0.0491. The molecule has 0 unspecified atom stereocenters. The van der Waals surface area contributed by atoms with Crippen LogP contribution in [0.5, 0.6) is 0 Å². The maximum absolute atomic E-state index is 12.1.